The van der Waals surface area contributed by atoms with Crippen LogP contribution in [0.3, 0.4) is 0 Å². The molecule has 1 aliphatic heterocycles. The summed E-state index contributed by atoms with van der Waals surface area (Å²) in [5.74, 6) is 1.53. The van der Waals surface area contributed by atoms with Gasteiger partial charge in [-0.15, -0.1) is 0 Å². The average molecular weight is 437 g/mol. The monoisotopic (exact) mass is 437 g/mol. The number of fused-ring (bicyclic) bond motifs is 1. The van der Waals surface area contributed by atoms with E-state index in [4.69, 9.17) is 14.2 Å². The molecule has 0 radical (unpaired) electrons. The van der Waals surface area contributed by atoms with E-state index in [1.165, 1.54) is 0 Å². The van der Waals surface area contributed by atoms with Crippen LogP contribution in [0.25, 0.3) is 0 Å². The Hall–Kier alpha value is -0.570. The fourth-order valence-electron chi connectivity index (χ4n) is 2.52. The van der Waals surface area contributed by atoms with Crippen molar-refractivity contribution in [2.24, 2.45) is 0 Å². The summed E-state index contributed by atoms with van der Waals surface area (Å²) in [4.78, 5) is 0. The molecule has 1 aromatic carbocycles. The molecular weight excluding hydrogens is 409 g/mol. The Morgan fingerprint density at radius 1 is 1.26 bits per heavy atom. The summed E-state index contributed by atoms with van der Waals surface area (Å²) in [6.45, 7) is 8.22. The molecule has 0 spiro atoms. The lowest BCUT2D eigenvalue weighted by Crippen LogP contribution is -3.00. The van der Waals surface area contributed by atoms with Gasteiger partial charge >= 0.3 is 0 Å². The highest BCUT2D eigenvalue weighted by Gasteiger charge is 2.24. The maximum atomic E-state index is 10.1. The SMILES string of the molecule is CC[N+](C)(CC)CC(O)COCC1COc2ccccc2O1.[I-]. The Balaban J connectivity index is 0.00000264. The second-order valence-electron chi connectivity index (χ2n) is 6.12. The number of aliphatic hydroxyl groups is 1. The lowest BCUT2D eigenvalue weighted by Gasteiger charge is -2.34. The maximum absolute atomic E-state index is 10.1. The zero-order valence-corrected chi connectivity index (χ0v) is 16.4. The van der Waals surface area contributed by atoms with Gasteiger partial charge in [-0.2, -0.15) is 0 Å². The van der Waals surface area contributed by atoms with E-state index in [2.05, 4.69) is 20.9 Å². The first kappa shape index (κ1) is 20.5. The number of hydrogen-bond acceptors (Lipinski definition) is 4. The van der Waals surface area contributed by atoms with Crippen LogP contribution in [-0.4, -0.2) is 68.3 Å². The van der Waals surface area contributed by atoms with E-state index >= 15 is 0 Å². The summed E-state index contributed by atoms with van der Waals surface area (Å²) in [6.07, 6.45) is -0.581. The van der Waals surface area contributed by atoms with Gasteiger partial charge in [0.1, 0.15) is 19.3 Å². The number of nitrogens with zero attached hydrogens (tertiary/aromatic N) is 1. The number of hydrogen-bond donors (Lipinski definition) is 1. The molecule has 0 amide bonds. The lowest BCUT2D eigenvalue weighted by atomic mass is 10.2. The molecule has 1 aliphatic rings. The van der Waals surface area contributed by atoms with Crippen molar-refractivity contribution in [1.82, 2.24) is 0 Å². The topological polar surface area (TPSA) is 47.9 Å². The number of benzene rings is 1. The smallest absolute Gasteiger partial charge is 0.161 e. The lowest BCUT2D eigenvalue weighted by molar-refractivity contribution is -0.909. The van der Waals surface area contributed by atoms with Gasteiger partial charge in [0.25, 0.3) is 0 Å². The summed E-state index contributed by atoms with van der Waals surface area (Å²) >= 11 is 0. The Morgan fingerprint density at radius 2 is 1.91 bits per heavy atom. The van der Waals surface area contributed by atoms with Crippen molar-refractivity contribution in [2.75, 3.05) is 46.5 Å². The number of aliphatic hydroxyl groups excluding tert-OH is 1. The molecule has 0 bridgehead atoms. The summed E-state index contributed by atoms with van der Waals surface area (Å²) < 4.78 is 17.9. The first-order chi connectivity index (χ1) is 10.6. The van der Waals surface area contributed by atoms with Gasteiger partial charge in [-0.25, -0.2) is 0 Å². The van der Waals surface area contributed by atoms with Crippen molar-refractivity contribution in [3.05, 3.63) is 24.3 Å². The highest BCUT2D eigenvalue weighted by molar-refractivity contribution is 5.40. The maximum Gasteiger partial charge on any atom is 0.161 e. The molecule has 23 heavy (non-hydrogen) atoms. The predicted molar refractivity (Wildman–Crippen MR) is 85.3 cm³/mol. The van der Waals surface area contributed by atoms with Crippen LogP contribution in [0, 0.1) is 0 Å². The molecule has 1 aromatic rings. The molecule has 2 atom stereocenters. The third kappa shape index (κ3) is 6.10. The quantitative estimate of drug-likeness (QED) is 0.406. The van der Waals surface area contributed by atoms with Crippen LogP contribution in [0.2, 0.25) is 0 Å². The van der Waals surface area contributed by atoms with Crippen molar-refractivity contribution in [3.8, 4) is 11.5 Å². The van der Waals surface area contributed by atoms with E-state index in [1.807, 2.05) is 24.3 Å². The van der Waals surface area contributed by atoms with Gasteiger partial charge in [-0.05, 0) is 26.0 Å². The second-order valence-corrected chi connectivity index (χ2v) is 6.12. The summed E-state index contributed by atoms with van der Waals surface area (Å²) in [5.41, 5.74) is 0. The standard InChI is InChI=1S/C17H28NO4.HI/c1-4-18(3,5-2)10-14(19)11-20-12-15-13-21-16-8-6-7-9-17(16)22-15;/h6-9,14-15,19H,4-5,10-13H2,1-3H3;1H/q+1;/p-1. The molecule has 0 fully saturated rings. The molecule has 5 nitrogen and oxygen atoms in total. The third-order valence-electron chi connectivity index (χ3n) is 4.36. The van der Waals surface area contributed by atoms with Gasteiger partial charge in [-0.3, -0.25) is 0 Å². The van der Waals surface area contributed by atoms with E-state index < -0.39 is 6.10 Å². The number of rotatable bonds is 8. The molecule has 0 saturated heterocycles. The van der Waals surface area contributed by atoms with Crippen LogP contribution in [0.1, 0.15) is 13.8 Å². The molecule has 6 heteroatoms. The van der Waals surface area contributed by atoms with E-state index in [-0.39, 0.29) is 30.1 Å². The van der Waals surface area contributed by atoms with Gasteiger partial charge in [0, 0.05) is 0 Å². The number of likely N-dealkylation sites (N-methyl/N-ethyl adjacent to an activating group) is 1. The van der Waals surface area contributed by atoms with Crippen LogP contribution < -0.4 is 33.5 Å². The first-order valence-corrected chi connectivity index (χ1v) is 8.04. The molecule has 1 heterocycles. The van der Waals surface area contributed by atoms with Crippen LogP contribution >= 0.6 is 0 Å². The van der Waals surface area contributed by atoms with Crippen molar-refractivity contribution >= 4 is 0 Å². The van der Waals surface area contributed by atoms with Crippen molar-refractivity contribution in [2.45, 2.75) is 26.1 Å². The minimum atomic E-state index is -0.457. The highest BCUT2D eigenvalue weighted by atomic mass is 127. The van der Waals surface area contributed by atoms with Gasteiger partial charge < -0.3 is 47.8 Å². The number of halogens is 1. The Kier molecular flexibility index (Phi) is 8.60. The molecule has 0 aliphatic carbocycles. The summed E-state index contributed by atoms with van der Waals surface area (Å²) in [7, 11) is 2.15. The third-order valence-corrected chi connectivity index (χ3v) is 4.36. The number of quaternary nitrogens is 1. The Bertz CT molecular complexity index is 468. The van der Waals surface area contributed by atoms with Crippen LogP contribution in [0.15, 0.2) is 24.3 Å². The van der Waals surface area contributed by atoms with E-state index in [9.17, 15) is 5.11 Å². The van der Waals surface area contributed by atoms with Crippen LogP contribution in [0.4, 0.5) is 0 Å². The summed E-state index contributed by atoms with van der Waals surface area (Å²) in [5, 5.41) is 10.1. The Labute approximate surface area is 156 Å². The van der Waals surface area contributed by atoms with Crippen LogP contribution in [-0.2, 0) is 4.74 Å². The fraction of sp³-hybridized carbons (Fsp3) is 0.647. The largest absolute Gasteiger partial charge is 1.00 e. The zero-order valence-electron chi connectivity index (χ0n) is 14.2. The second kappa shape index (κ2) is 9.66. The molecule has 0 saturated carbocycles. The fourth-order valence-corrected chi connectivity index (χ4v) is 2.52. The van der Waals surface area contributed by atoms with Gasteiger partial charge in [0.15, 0.2) is 17.6 Å². The number of ether oxygens (including phenoxy) is 3. The number of para-hydroxylation sites is 2. The minimum absolute atomic E-state index is 0. The molecule has 2 rings (SSSR count). The molecular formula is C17H28INO4. The highest BCUT2D eigenvalue weighted by Crippen LogP contribution is 2.30. The molecule has 132 valence electrons. The van der Waals surface area contributed by atoms with Crippen molar-refractivity contribution in [3.63, 3.8) is 0 Å². The van der Waals surface area contributed by atoms with Crippen LogP contribution in [0.5, 0.6) is 11.5 Å². The Morgan fingerprint density at radius 3 is 2.57 bits per heavy atom. The van der Waals surface area contributed by atoms with E-state index in [0.29, 0.717) is 26.4 Å². The molecule has 2 unspecified atom stereocenters. The first-order valence-electron chi connectivity index (χ1n) is 8.04. The molecule has 0 aromatic heterocycles. The predicted octanol–water partition coefficient (Wildman–Crippen LogP) is -1.31. The van der Waals surface area contributed by atoms with Crippen molar-refractivity contribution < 1.29 is 47.8 Å². The van der Waals surface area contributed by atoms with Gasteiger partial charge in [-0.1, -0.05) is 12.1 Å². The molecule has 1 N–H and O–H groups in total. The van der Waals surface area contributed by atoms with Gasteiger partial charge in [0.05, 0.1) is 33.4 Å². The van der Waals surface area contributed by atoms with E-state index in [1.54, 1.807) is 0 Å². The summed E-state index contributed by atoms with van der Waals surface area (Å²) in [6, 6.07) is 7.63. The average Bonchev–Trinajstić information content (AvgIpc) is 2.54. The minimum Gasteiger partial charge on any atom is -1.00 e. The zero-order chi connectivity index (χ0) is 16.0. The normalized spacial score (nSPS) is 18.2. The van der Waals surface area contributed by atoms with E-state index in [0.717, 1.165) is 29.1 Å². The van der Waals surface area contributed by atoms with Gasteiger partial charge in [0.2, 0.25) is 0 Å². The van der Waals surface area contributed by atoms with Crippen molar-refractivity contribution in [1.29, 1.82) is 0 Å².